The van der Waals surface area contributed by atoms with Crippen molar-refractivity contribution in [1.82, 2.24) is 9.91 Å². The Hall–Kier alpha value is -0.710. The smallest absolute Gasteiger partial charge is 0.0701 e. The fraction of sp³-hybridized carbons (Fsp3) is 0.846. The second kappa shape index (κ2) is 11.8. The molecule has 5 N–H and O–H groups in total. The average molecular weight is 336 g/mol. The molecule has 0 atom stereocenters. The average Bonchev–Trinajstić information content (AvgIpc) is 2.48. The third-order valence-corrected chi connectivity index (χ3v) is 4.39. The van der Waals surface area contributed by atoms with Gasteiger partial charge in [0.2, 0.25) is 0 Å². The van der Waals surface area contributed by atoms with Crippen LogP contribution in [0.15, 0.2) is 11.9 Å². The minimum absolute atomic E-state index is 0.0214. The van der Waals surface area contributed by atoms with Gasteiger partial charge < -0.3 is 25.3 Å². The van der Waals surface area contributed by atoms with Gasteiger partial charge in [0.15, 0.2) is 0 Å². The number of aliphatic hydroxyl groups excluding tert-OH is 1. The van der Waals surface area contributed by atoms with Gasteiger partial charge in [0.1, 0.15) is 0 Å². The van der Waals surface area contributed by atoms with Crippen LogP contribution < -0.4 is 11.6 Å². The molecule has 0 spiro atoms. The molecule has 1 aliphatic heterocycles. The predicted octanol–water partition coefficient (Wildman–Crippen LogP) is -1.95. The molecule has 1 fully saturated rings. The lowest BCUT2D eigenvalue weighted by atomic mass is 10.4. The molecule has 8 nitrogen and oxygen atoms in total. The summed E-state index contributed by atoms with van der Waals surface area (Å²) in [5.74, 6) is 7.26. The monoisotopic (exact) mass is 336 g/mol. The number of hydrogen-bond acceptors (Lipinski definition) is 8. The van der Waals surface area contributed by atoms with Crippen molar-refractivity contribution in [2.24, 2.45) is 11.6 Å². The molecule has 0 aromatic rings. The van der Waals surface area contributed by atoms with Crippen molar-refractivity contribution in [2.45, 2.75) is 0 Å². The Kier molecular flexibility index (Phi) is 10.4. The van der Waals surface area contributed by atoms with Crippen LogP contribution in [0.2, 0.25) is 0 Å². The third kappa shape index (κ3) is 9.34. The summed E-state index contributed by atoms with van der Waals surface area (Å²) in [7, 11) is -0.673. The zero-order valence-corrected chi connectivity index (χ0v) is 13.8. The number of hydrazine groups is 1. The second-order valence-corrected chi connectivity index (χ2v) is 6.71. The molecule has 0 amide bonds. The van der Waals surface area contributed by atoms with Crippen LogP contribution in [-0.4, -0.2) is 89.9 Å². The van der Waals surface area contributed by atoms with Gasteiger partial charge in [-0.05, 0) is 0 Å². The Morgan fingerprint density at radius 2 is 1.86 bits per heavy atom. The van der Waals surface area contributed by atoms with Gasteiger partial charge in [-0.3, -0.25) is 9.11 Å². The maximum absolute atomic E-state index is 11.3. The van der Waals surface area contributed by atoms with E-state index in [4.69, 9.17) is 26.2 Å². The van der Waals surface area contributed by atoms with Crippen molar-refractivity contribution < 1.29 is 18.8 Å². The van der Waals surface area contributed by atoms with E-state index >= 15 is 0 Å². The molecule has 1 heterocycles. The third-order valence-electron chi connectivity index (χ3n) is 3.11. The summed E-state index contributed by atoms with van der Waals surface area (Å²) in [5, 5.41) is 10.0. The summed E-state index contributed by atoms with van der Waals surface area (Å²) in [4.78, 5) is 2.18. The highest BCUT2D eigenvalue weighted by atomic mass is 32.2. The first-order chi connectivity index (χ1) is 10.6. The fourth-order valence-electron chi connectivity index (χ4n) is 1.97. The molecule has 0 radical (unpaired) electrons. The summed E-state index contributed by atoms with van der Waals surface area (Å²) in [5.41, 5.74) is 6.64. The van der Waals surface area contributed by atoms with Crippen LogP contribution in [0.25, 0.3) is 0 Å². The summed E-state index contributed by atoms with van der Waals surface area (Å²) in [6.07, 6.45) is 1.71. The van der Waals surface area contributed by atoms with Crippen LogP contribution in [-0.2, 0) is 20.3 Å². The van der Waals surface area contributed by atoms with Crippen molar-refractivity contribution in [2.75, 3.05) is 70.7 Å². The molecule has 22 heavy (non-hydrogen) atoms. The second-order valence-electron chi connectivity index (χ2n) is 5.01. The Morgan fingerprint density at radius 3 is 2.50 bits per heavy atom. The molecule has 0 saturated carbocycles. The highest BCUT2D eigenvalue weighted by molar-refractivity contribution is 7.85. The molecule has 0 aromatic carbocycles. The molecule has 0 unspecified atom stereocenters. The summed E-state index contributed by atoms with van der Waals surface area (Å²) < 4.78 is 21.7. The normalized spacial score (nSPS) is 17.8. The first-order valence-corrected chi connectivity index (χ1v) is 8.92. The Morgan fingerprint density at radius 1 is 1.23 bits per heavy atom. The quantitative estimate of drug-likeness (QED) is 0.227. The van der Waals surface area contributed by atoms with Gasteiger partial charge in [0, 0.05) is 53.8 Å². The molecule has 9 heteroatoms. The van der Waals surface area contributed by atoms with E-state index in [0.29, 0.717) is 56.7 Å². The van der Waals surface area contributed by atoms with E-state index in [2.05, 4.69) is 4.90 Å². The first-order valence-electron chi connectivity index (χ1n) is 7.43. The van der Waals surface area contributed by atoms with E-state index in [0.717, 1.165) is 13.1 Å². The Balaban J connectivity index is 2.08. The molecule has 130 valence electrons. The zero-order chi connectivity index (χ0) is 16.2. The molecule has 1 rings (SSSR count). The van der Waals surface area contributed by atoms with Gasteiger partial charge in [-0.1, -0.05) is 0 Å². The lowest BCUT2D eigenvalue weighted by Gasteiger charge is -2.26. The van der Waals surface area contributed by atoms with E-state index in [1.54, 1.807) is 6.20 Å². The van der Waals surface area contributed by atoms with Gasteiger partial charge in [-0.25, -0.2) is 5.84 Å². The Bertz CT molecular complexity index is 347. The first kappa shape index (κ1) is 19.3. The van der Waals surface area contributed by atoms with Gasteiger partial charge in [0.05, 0.1) is 39.6 Å². The topological polar surface area (TPSA) is 114 Å². The number of nitrogens with zero attached hydrogens (tertiary/aromatic N) is 2. The number of ether oxygens (including phenoxy) is 2. The summed E-state index contributed by atoms with van der Waals surface area (Å²) in [6, 6.07) is 0. The summed E-state index contributed by atoms with van der Waals surface area (Å²) >= 11 is 0. The standard InChI is InChI=1S/C13H28N4O4S/c14-13(11-16-2-9-22(19)10-3-16)12-17(15)1-5-20-7-8-21-6-4-18/h12,18H,1-11,14-15H2/b13-12-. The van der Waals surface area contributed by atoms with E-state index < -0.39 is 10.8 Å². The van der Waals surface area contributed by atoms with Crippen LogP contribution in [0.5, 0.6) is 0 Å². The van der Waals surface area contributed by atoms with Crippen LogP contribution in [0, 0.1) is 0 Å². The minimum atomic E-state index is -0.673. The van der Waals surface area contributed by atoms with Crippen molar-refractivity contribution in [1.29, 1.82) is 0 Å². The Labute approximate surface area is 134 Å². The largest absolute Gasteiger partial charge is 0.400 e. The van der Waals surface area contributed by atoms with Crippen LogP contribution in [0.3, 0.4) is 0 Å². The van der Waals surface area contributed by atoms with Crippen molar-refractivity contribution in [3.05, 3.63) is 11.9 Å². The molecule has 0 aromatic heterocycles. The lowest BCUT2D eigenvalue weighted by molar-refractivity contribution is 0.0292. The predicted molar refractivity (Wildman–Crippen MR) is 86.2 cm³/mol. The van der Waals surface area contributed by atoms with E-state index in [9.17, 15) is 4.21 Å². The number of aliphatic hydroxyl groups is 1. The van der Waals surface area contributed by atoms with Gasteiger partial charge >= 0.3 is 0 Å². The van der Waals surface area contributed by atoms with Crippen LogP contribution in [0.1, 0.15) is 0 Å². The maximum Gasteiger partial charge on any atom is 0.0701 e. The minimum Gasteiger partial charge on any atom is -0.400 e. The fourth-order valence-corrected chi connectivity index (χ4v) is 3.09. The van der Waals surface area contributed by atoms with Crippen molar-refractivity contribution in [3.63, 3.8) is 0 Å². The number of nitrogens with two attached hydrogens (primary N) is 2. The van der Waals surface area contributed by atoms with Gasteiger partial charge in [-0.15, -0.1) is 0 Å². The summed E-state index contributed by atoms with van der Waals surface area (Å²) in [6.45, 7) is 4.54. The van der Waals surface area contributed by atoms with Crippen molar-refractivity contribution >= 4 is 10.8 Å². The van der Waals surface area contributed by atoms with Gasteiger partial charge in [0.25, 0.3) is 0 Å². The number of rotatable bonds is 11. The molecule has 1 saturated heterocycles. The highest BCUT2D eigenvalue weighted by Gasteiger charge is 2.15. The molecule has 0 bridgehead atoms. The zero-order valence-electron chi connectivity index (χ0n) is 13.0. The molecular weight excluding hydrogens is 308 g/mol. The highest BCUT2D eigenvalue weighted by Crippen LogP contribution is 2.02. The van der Waals surface area contributed by atoms with E-state index in [1.165, 1.54) is 5.01 Å². The van der Waals surface area contributed by atoms with E-state index in [1.807, 2.05) is 0 Å². The molecule has 0 aliphatic carbocycles. The number of hydrogen-bond donors (Lipinski definition) is 3. The van der Waals surface area contributed by atoms with Gasteiger partial charge in [-0.2, -0.15) is 0 Å². The lowest BCUT2D eigenvalue weighted by Crippen LogP contribution is -2.40. The van der Waals surface area contributed by atoms with Crippen molar-refractivity contribution in [3.8, 4) is 0 Å². The SMILES string of the molecule is N/C(=C\N(N)CCOCCOCCO)CN1CCS(=O)CC1. The van der Waals surface area contributed by atoms with E-state index in [-0.39, 0.29) is 6.61 Å². The van der Waals surface area contributed by atoms with Crippen LogP contribution >= 0.6 is 0 Å². The molecular formula is C13H28N4O4S. The van der Waals surface area contributed by atoms with Crippen LogP contribution in [0.4, 0.5) is 0 Å². The molecule has 1 aliphatic rings. The maximum atomic E-state index is 11.3.